The Hall–Kier alpha value is -6.49. The van der Waals surface area contributed by atoms with Crippen molar-refractivity contribution in [2.24, 2.45) is 5.92 Å². The molecule has 1 aliphatic carbocycles. The number of allylic oxidation sites excluding steroid dienone is 4. The quantitative estimate of drug-likeness (QED) is 0.163. The smallest absolute Gasteiger partial charge is 0.164 e. The fourth-order valence-corrected chi connectivity index (χ4v) is 9.53. The van der Waals surface area contributed by atoms with Crippen LogP contribution in [0.1, 0.15) is 24.5 Å². The van der Waals surface area contributed by atoms with Crippen LogP contribution in [0.15, 0.2) is 175 Å². The Morgan fingerprint density at radius 3 is 1.96 bits per heavy atom. The lowest BCUT2D eigenvalue weighted by Gasteiger charge is -2.22. The molecule has 0 amide bonds. The summed E-state index contributed by atoms with van der Waals surface area (Å²) in [6.45, 7) is 4.55. The molecule has 56 heavy (non-hydrogen) atoms. The highest BCUT2D eigenvalue weighted by atomic mass is 32.1. The number of nitrogens with zero attached hydrogens (tertiary/aromatic N) is 3. The topological polar surface area (TPSA) is 38.7 Å². The Morgan fingerprint density at radius 1 is 0.554 bits per heavy atom. The molecular formula is C52H39N3S. The van der Waals surface area contributed by atoms with Gasteiger partial charge >= 0.3 is 0 Å². The van der Waals surface area contributed by atoms with Gasteiger partial charge in [-0.15, -0.1) is 11.3 Å². The lowest BCUT2D eigenvalue weighted by atomic mass is 9.82. The molecule has 0 saturated heterocycles. The monoisotopic (exact) mass is 737 g/mol. The van der Waals surface area contributed by atoms with Crippen LogP contribution in [0.2, 0.25) is 0 Å². The minimum Gasteiger partial charge on any atom is -0.208 e. The van der Waals surface area contributed by atoms with Crippen LogP contribution >= 0.6 is 11.3 Å². The van der Waals surface area contributed by atoms with Gasteiger partial charge in [-0.1, -0.05) is 170 Å². The van der Waals surface area contributed by atoms with Gasteiger partial charge in [0.05, 0.1) is 0 Å². The van der Waals surface area contributed by atoms with Gasteiger partial charge in [-0.3, -0.25) is 0 Å². The van der Waals surface area contributed by atoms with Crippen molar-refractivity contribution < 1.29 is 0 Å². The third kappa shape index (κ3) is 6.13. The molecule has 0 spiro atoms. The minimum absolute atomic E-state index is 0.474. The van der Waals surface area contributed by atoms with Crippen LogP contribution in [0.3, 0.4) is 0 Å². The van der Waals surface area contributed by atoms with Crippen molar-refractivity contribution in [3.05, 3.63) is 187 Å². The summed E-state index contributed by atoms with van der Waals surface area (Å²) >= 11 is 1.86. The molecule has 2 aromatic heterocycles. The zero-order valence-corrected chi connectivity index (χ0v) is 32.2. The first-order valence-corrected chi connectivity index (χ1v) is 20.2. The first-order valence-electron chi connectivity index (χ1n) is 19.4. The zero-order chi connectivity index (χ0) is 37.6. The highest BCUT2D eigenvalue weighted by Crippen LogP contribution is 2.43. The number of benzene rings is 7. The Morgan fingerprint density at radius 2 is 1.18 bits per heavy atom. The maximum absolute atomic E-state index is 5.31. The average Bonchev–Trinajstić information content (AvgIpc) is 3.64. The van der Waals surface area contributed by atoms with E-state index >= 15 is 0 Å². The molecule has 4 heteroatoms. The van der Waals surface area contributed by atoms with Crippen molar-refractivity contribution in [2.75, 3.05) is 0 Å². The number of fused-ring (bicyclic) bond motifs is 4. The second-order valence-electron chi connectivity index (χ2n) is 14.8. The molecule has 0 radical (unpaired) electrons. The van der Waals surface area contributed by atoms with E-state index < -0.39 is 0 Å². The van der Waals surface area contributed by atoms with Crippen molar-refractivity contribution in [1.82, 2.24) is 15.0 Å². The van der Waals surface area contributed by atoms with E-state index in [9.17, 15) is 0 Å². The SMILES string of the molecule is Cc1ccccc1-c1c(CC2=CC=CCC2C)cc(-c2nc(-c3ccccc3)nc(-c3ccc(-c4cccc5c4sc4ccccc45)cc3)n2)c2ccccc12. The number of aromatic nitrogens is 3. The summed E-state index contributed by atoms with van der Waals surface area (Å²) in [6, 6.07) is 54.2. The number of hydrogen-bond acceptors (Lipinski definition) is 4. The van der Waals surface area contributed by atoms with Crippen LogP contribution in [0.4, 0.5) is 0 Å². The van der Waals surface area contributed by atoms with Gasteiger partial charge in [0.1, 0.15) is 0 Å². The summed E-state index contributed by atoms with van der Waals surface area (Å²) in [5.74, 6) is 2.46. The first kappa shape index (κ1) is 34.0. The number of rotatable bonds is 7. The zero-order valence-electron chi connectivity index (χ0n) is 31.4. The second-order valence-corrected chi connectivity index (χ2v) is 15.9. The van der Waals surface area contributed by atoms with E-state index in [1.807, 2.05) is 29.5 Å². The largest absolute Gasteiger partial charge is 0.208 e. The Balaban J connectivity index is 1.15. The summed E-state index contributed by atoms with van der Waals surface area (Å²) < 4.78 is 2.61. The predicted molar refractivity (Wildman–Crippen MR) is 237 cm³/mol. The summed E-state index contributed by atoms with van der Waals surface area (Å²) in [4.78, 5) is 15.7. The third-order valence-corrected chi connectivity index (χ3v) is 12.5. The molecule has 0 N–H and O–H groups in total. The minimum atomic E-state index is 0.474. The fraction of sp³-hybridized carbons (Fsp3) is 0.0962. The molecule has 0 bridgehead atoms. The summed E-state index contributed by atoms with van der Waals surface area (Å²) in [7, 11) is 0. The molecule has 2 heterocycles. The van der Waals surface area contributed by atoms with Crippen LogP contribution < -0.4 is 0 Å². The van der Waals surface area contributed by atoms with E-state index in [0.717, 1.165) is 34.9 Å². The normalized spacial score (nSPS) is 14.1. The molecular weight excluding hydrogens is 699 g/mol. The van der Waals surface area contributed by atoms with Gasteiger partial charge < -0.3 is 0 Å². The first-order chi connectivity index (χ1) is 27.6. The fourth-order valence-electron chi connectivity index (χ4n) is 8.29. The van der Waals surface area contributed by atoms with Crippen LogP contribution in [0.25, 0.3) is 87.4 Å². The molecule has 9 aromatic rings. The van der Waals surface area contributed by atoms with Gasteiger partial charge in [0, 0.05) is 36.9 Å². The third-order valence-electron chi connectivity index (χ3n) is 11.3. The predicted octanol–water partition coefficient (Wildman–Crippen LogP) is 14.1. The lowest BCUT2D eigenvalue weighted by molar-refractivity contribution is 0.666. The highest BCUT2D eigenvalue weighted by molar-refractivity contribution is 7.26. The molecule has 1 unspecified atom stereocenters. The Kier molecular flexibility index (Phi) is 8.69. The molecule has 0 saturated carbocycles. The number of aryl methyl sites for hydroxylation is 1. The average molecular weight is 738 g/mol. The number of thiophene rings is 1. The molecule has 3 nitrogen and oxygen atoms in total. The van der Waals surface area contributed by atoms with Crippen LogP contribution in [0.5, 0.6) is 0 Å². The van der Waals surface area contributed by atoms with E-state index in [-0.39, 0.29) is 0 Å². The number of hydrogen-bond donors (Lipinski definition) is 0. The molecule has 268 valence electrons. The Bertz CT molecular complexity index is 2990. The second kappa shape index (κ2) is 14.3. The van der Waals surface area contributed by atoms with Crippen LogP contribution in [0, 0.1) is 12.8 Å². The van der Waals surface area contributed by atoms with Gasteiger partial charge in [0.2, 0.25) is 0 Å². The van der Waals surface area contributed by atoms with Gasteiger partial charge in [0.25, 0.3) is 0 Å². The van der Waals surface area contributed by atoms with Crippen molar-refractivity contribution in [3.63, 3.8) is 0 Å². The summed E-state index contributed by atoms with van der Waals surface area (Å²) in [5, 5.41) is 4.94. The standard InChI is InChI=1S/C52H39N3S/c1-33-15-6-8-19-38(33)31-39-32-46(42-21-10-11-23-44(42)48(39)40-20-9-7-16-34(40)2)52-54-50(36-17-4-3-5-18-36)53-51(55-52)37-29-27-35(28-30-37)41-24-14-25-45-43-22-12-13-26-47(43)56-49(41)45/h3-14,16-30,32-33H,15,31H2,1-2H3. The molecule has 0 fully saturated rings. The van der Waals surface area contributed by atoms with E-state index in [2.05, 4.69) is 166 Å². The van der Waals surface area contributed by atoms with E-state index in [0.29, 0.717) is 23.4 Å². The molecule has 7 aromatic carbocycles. The van der Waals surface area contributed by atoms with E-state index in [1.54, 1.807) is 0 Å². The van der Waals surface area contributed by atoms with Gasteiger partial charge in [-0.2, -0.15) is 0 Å². The van der Waals surface area contributed by atoms with Gasteiger partial charge in [-0.25, -0.2) is 15.0 Å². The Labute approximate surface area is 331 Å². The van der Waals surface area contributed by atoms with Crippen LogP contribution in [-0.4, -0.2) is 15.0 Å². The van der Waals surface area contributed by atoms with Gasteiger partial charge in [-0.05, 0) is 82.0 Å². The van der Waals surface area contributed by atoms with Crippen LogP contribution in [-0.2, 0) is 6.42 Å². The molecule has 1 aliphatic rings. The summed E-state index contributed by atoms with van der Waals surface area (Å²) in [6.07, 6.45) is 8.70. The van der Waals surface area contributed by atoms with Crippen molar-refractivity contribution in [3.8, 4) is 56.4 Å². The van der Waals surface area contributed by atoms with Crippen molar-refractivity contribution in [2.45, 2.75) is 26.7 Å². The maximum Gasteiger partial charge on any atom is 0.164 e. The lowest BCUT2D eigenvalue weighted by Crippen LogP contribution is -2.07. The van der Waals surface area contributed by atoms with Crippen molar-refractivity contribution in [1.29, 1.82) is 0 Å². The molecule has 1 atom stereocenters. The van der Waals surface area contributed by atoms with Gasteiger partial charge in [0.15, 0.2) is 17.5 Å². The molecule has 0 aliphatic heterocycles. The van der Waals surface area contributed by atoms with E-state index in [1.165, 1.54) is 64.5 Å². The maximum atomic E-state index is 5.31. The molecule has 10 rings (SSSR count). The highest BCUT2D eigenvalue weighted by Gasteiger charge is 2.22. The summed E-state index contributed by atoms with van der Waals surface area (Å²) in [5.41, 5.74) is 11.9. The van der Waals surface area contributed by atoms with E-state index in [4.69, 9.17) is 15.0 Å². The van der Waals surface area contributed by atoms with Crippen molar-refractivity contribution >= 4 is 42.3 Å².